The zero-order chi connectivity index (χ0) is 55.5. The number of hydrogen-bond acceptors (Lipinski definition) is 10. The highest BCUT2D eigenvalue weighted by Gasteiger charge is 2.28. The molecule has 0 saturated carbocycles. The van der Waals surface area contributed by atoms with E-state index in [0.717, 1.165) is 89.9 Å². The number of unbranched alkanes of at least 4 members (excludes halogenated alkanes) is 34. The Morgan fingerprint density at radius 3 is 1.05 bits per heavy atom. The van der Waals surface area contributed by atoms with Gasteiger partial charge in [0.25, 0.3) is 0 Å². The van der Waals surface area contributed by atoms with Crippen LogP contribution in [0.2, 0.25) is 0 Å². The van der Waals surface area contributed by atoms with E-state index in [1.807, 2.05) is 0 Å². The summed E-state index contributed by atoms with van der Waals surface area (Å²) in [5, 5.41) is 9.84. The SMILES string of the molecule is CC/C=C\C/C=C\C/C=C\C/C=C\CCCCCCC(=O)OC(CO)COP(=O)(O)OCC(COC(=O)CCCCCCCCCCCCCCC)OC(=O)CCCCCCCCCCCCCCCCCCCCC. The molecule has 0 heterocycles. The van der Waals surface area contributed by atoms with E-state index in [-0.39, 0.29) is 25.9 Å². The van der Waals surface area contributed by atoms with Crippen molar-refractivity contribution in [3.05, 3.63) is 48.6 Å². The fraction of sp³-hybridized carbons (Fsp3) is 0.828. The second kappa shape index (κ2) is 58.6. The normalized spacial score (nSPS) is 13.6. The predicted octanol–water partition coefficient (Wildman–Crippen LogP) is 18.9. The molecule has 3 atom stereocenters. The van der Waals surface area contributed by atoms with Crippen LogP contribution in [0.5, 0.6) is 0 Å². The standard InChI is InChI=1S/C64H117O11P/c1-4-7-10-13-16-19-22-25-27-29-30-32-34-37-40-43-46-49-52-55-64(68)75-61(57-71-62(66)53-50-47-44-41-38-35-24-21-18-15-12-9-6-3)59-73-76(69,70)72-58-60(56-65)74-63(67)54-51-48-45-42-39-36-33-31-28-26-23-20-17-14-11-8-5-2/h8,11,17,20,26,28,33,36,60-61,65H,4-7,9-10,12-16,18-19,21-25,27,29-32,34-35,37-59H2,1-3H3,(H,69,70)/b11-8-,20-17-,28-26-,36-33-. The largest absolute Gasteiger partial charge is 0.472 e. The third-order valence-corrected chi connectivity index (χ3v) is 14.7. The molecule has 0 aromatic carbocycles. The third kappa shape index (κ3) is 56.2. The lowest BCUT2D eigenvalue weighted by Gasteiger charge is -2.21. The van der Waals surface area contributed by atoms with E-state index in [0.29, 0.717) is 19.3 Å². The monoisotopic (exact) mass is 1090 g/mol. The number of ether oxygens (including phenoxy) is 3. The molecule has 0 aliphatic rings. The van der Waals surface area contributed by atoms with Crippen LogP contribution in [0.15, 0.2) is 48.6 Å². The number of phosphoric acid groups is 1. The van der Waals surface area contributed by atoms with E-state index >= 15 is 0 Å². The zero-order valence-electron chi connectivity index (χ0n) is 49.2. The number of aliphatic hydroxyl groups excluding tert-OH is 1. The van der Waals surface area contributed by atoms with E-state index < -0.39 is 57.8 Å². The Balaban J connectivity index is 4.66. The first-order valence-corrected chi connectivity index (χ1v) is 33.0. The topological polar surface area (TPSA) is 155 Å². The van der Waals surface area contributed by atoms with Crippen molar-refractivity contribution in [1.82, 2.24) is 0 Å². The van der Waals surface area contributed by atoms with Gasteiger partial charge in [0.05, 0.1) is 19.8 Å². The molecule has 0 saturated heterocycles. The van der Waals surface area contributed by atoms with E-state index in [4.69, 9.17) is 23.3 Å². The van der Waals surface area contributed by atoms with Crippen LogP contribution < -0.4 is 0 Å². The summed E-state index contributed by atoms with van der Waals surface area (Å²) in [7, 11) is -4.75. The van der Waals surface area contributed by atoms with Crippen molar-refractivity contribution in [2.24, 2.45) is 0 Å². The number of carbonyl (C=O) groups excluding carboxylic acids is 3. The summed E-state index contributed by atoms with van der Waals surface area (Å²) in [4.78, 5) is 48.7. The maximum Gasteiger partial charge on any atom is 0.472 e. The molecule has 0 aromatic heterocycles. The highest BCUT2D eigenvalue weighted by Crippen LogP contribution is 2.43. The van der Waals surface area contributed by atoms with Crippen LogP contribution in [0.1, 0.15) is 303 Å². The van der Waals surface area contributed by atoms with Crippen LogP contribution in [0, 0.1) is 0 Å². The minimum atomic E-state index is -4.75. The van der Waals surface area contributed by atoms with Gasteiger partial charge in [-0.05, 0) is 57.8 Å². The molecule has 3 unspecified atom stereocenters. The van der Waals surface area contributed by atoms with Gasteiger partial charge in [0.15, 0.2) is 6.10 Å². The highest BCUT2D eigenvalue weighted by atomic mass is 31.2. The van der Waals surface area contributed by atoms with Gasteiger partial charge in [-0.3, -0.25) is 23.4 Å². The van der Waals surface area contributed by atoms with Gasteiger partial charge in [0.1, 0.15) is 12.7 Å². The average molecular weight is 1090 g/mol. The number of carbonyl (C=O) groups is 3. The first-order valence-electron chi connectivity index (χ1n) is 31.5. The first kappa shape index (κ1) is 73.4. The summed E-state index contributed by atoms with van der Waals surface area (Å²) in [6.07, 6.45) is 63.5. The molecule has 76 heavy (non-hydrogen) atoms. The van der Waals surface area contributed by atoms with Crippen LogP contribution in [-0.2, 0) is 42.2 Å². The molecule has 0 rings (SSSR count). The summed E-state index contributed by atoms with van der Waals surface area (Å²) < 4.78 is 39.6. The molecule has 444 valence electrons. The molecule has 0 amide bonds. The van der Waals surface area contributed by atoms with Crippen molar-refractivity contribution in [1.29, 1.82) is 0 Å². The van der Waals surface area contributed by atoms with Crippen LogP contribution in [0.25, 0.3) is 0 Å². The van der Waals surface area contributed by atoms with Gasteiger partial charge in [-0.2, -0.15) is 0 Å². The Morgan fingerprint density at radius 2 is 0.684 bits per heavy atom. The Hall–Kier alpha value is -2.56. The third-order valence-electron chi connectivity index (χ3n) is 13.8. The number of hydrogen-bond donors (Lipinski definition) is 2. The summed E-state index contributed by atoms with van der Waals surface area (Å²) in [5.74, 6) is -1.46. The van der Waals surface area contributed by atoms with Crippen molar-refractivity contribution in [2.75, 3.05) is 26.4 Å². The fourth-order valence-electron chi connectivity index (χ4n) is 9.00. The molecule has 0 aliphatic heterocycles. The summed E-state index contributed by atoms with van der Waals surface area (Å²) >= 11 is 0. The molecular formula is C64H117O11P. The van der Waals surface area contributed by atoms with E-state index in [1.54, 1.807) is 0 Å². The van der Waals surface area contributed by atoms with Gasteiger partial charge < -0.3 is 24.2 Å². The molecule has 2 N–H and O–H groups in total. The molecule has 0 aromatic rings. The van der Waals surface area contributed by atoms with Crippen LogP contribution in [-0.4, -0.2) is 66.5 Å². The van der Waals surface area contributed by atoms with Gasteiger partial charge in [0, 0.05) is 19.3 Å². The van der Waals surface area contributed by atoms with Crippen molar-refractivity contribution in [2.45, 2.75) is 315 Å². The van der Waals surface area contributed by atoms with Gasteiger partial charge >= 0.3 is 25.7 Å². The zero-order valence-corrected chi connectivity index (χ0v) is 50.1. The Morgan fingerprint density at radius 1 is 0.382 bits per heavy atom. The fourth-order valence-corrected chi connectivity index (χ4v) is 9.78. The second-order valence-electron chi connectivity index (χ2n) is 21.2. The van der Waals surface area contributed by atoms with Crippen molar-refractivity contribution in [3.63, 3.8) is 0 Å². The minimum absolute atomic E-state index is 0.151. The first-order chi connectivity index (χ1) is 37.2. The second-order valence-corrected chi connectivity index (χ2v) is 22.7. The van der Waals surface area contributed by atoms with E-state index in [2.05, 4.69) is 69.4 Å². The molecule has 0 aliphatic carbocycles. The van der Waals surface area contributed by atoms with Crippen LogP contribution >= 0.6 is 7.82 Å². The number of allylic oxidation sites excluding steroid dienone is 8. The maximum atomic E-state index is 12.9. The summed E-state index contributed by atoms with van der Waals surface area (Å²) in [6.45, 7) is 4.56. The van der Waals surface area contributed by atoms with Crippen molar-refractivity contribution >= 4 is 25.7 Å². The lowest BCUT2D eigenvalue weighted by Crippen LogP contribution is -2.30. The quantitative estimate of drug-likeness (QED) is 0.0197. The Kier molecular flexibility index (Phi) is 56.6. The number of esters is 3. The van der Waals surface area contributed by atoms with Gasteiger partial charge in [0.2, 0.25) is 0 Å². The Bertz CT molecular complexity index is 1460. The predicted molar refractivity (Wildman–Crippen MR) is 316 cm³/mol. The minimum Gasteiger partial charge on any atom is -0.462 e. The lowest BCUT2D eigenvalue weighted by molar-refractivity contribution is -0.161. The molecule has 0 fully saturated rings. The summed E-state index contributed by atoms with van der Waals surface area (Å²) in [5.41, 5.74) is 0. The van der Waals surface area contributed by atoms with Gasteiger partial charge in [-0.15, -0.1) is 0 Å². The highest BCUT2D eigenvalue weighted by molar-refractivity contribution is 7.47. The van der Waals surface area contributed by atoms with Crippen LogP contribution in [0.4, 0.5) is 0 Å². The van der Waals surface area contributed by atoms with Crippen LogP contribution in [0.3, 0.4) is 0 Å². The molecular weight excluding hydrogens is 976 g/mol. The van der Waals surface area contributed by atoms with Gasteiger partial charge in [-0.25, -0.2) is 4.57 Å². The maximum absolute atomic E-state index is 12.9. The number of phosphoric ester groups is 1. The van der Waals surface area contributed by atoms with Gasteiger partial charge in [-0.1, -0.05) is 275 Å². The molecule has 0 spiro atoms. The van der Waals surface area contributed by atoms with E-state index in [9.17, 15) is 28.9 Å². The Labute approximate surface area is 466 Å². The lowest BCUT2D eigenvalue weighted by atomic mass is 10.0. The molecule has 0 radical (unpaired) electrons. The summed E-state index contributed by atoms with van der Waals surface area (Å²) in [6, 6.07) is 0. The molecule has 11 nitrogen and oxygen atoms in total. The van der Waals surface area contributed by atoms with Crippen molar-refractivity contribution in [3.8, 4) is 0 Å². The molecule has 0 bridgehead atoms. The number of rotatable bonds is 59. The smallest absolute Gasteiger partial charge is 0.462 e. The van der Waals surface area contributed by atoms with Crippen molar-refractivity contribution < 1.29 is 52.2 Å². The molecule has 12 heteroatoms. The van der Waals surface area contributed by atoms with E-state index in [1.165, 1.54) is 154 Å². The number of aliphatic hydroxyl groups is 1. The average Bonchev–Trinajstić information content (AvgIpc) is 3.41.